The fraction of sp³-hybridized carbons (Fsp3) is 0.263. The minimum Gasteiger partial charge on any atom is -0.503 e. The molecule has 1 aromatic heterocycles. The number of anilines is 1. The quantitative estimate of drug-likeness (QED) is 0.894. The van der Waals surface area contributed by atoms with Crippen LogP contribution in [0.2, 0.25) is 0 Å². The van der Waals surface area contributed by atoms with Gasteiger partial charge in [0.1, 0.15) is 23.4 Å². The van der Waals surface area contributed by atoms with Crippen LogP contribution in [0.25, 0.3) is 0 Å². The SMILES string of the molecule is CC(C)(C)C(=O)C1=C(O)C(=O)N(c2cc(F)ccc2F)C1c1ccco1. The molecule has 3 rings (SSSR count). The molecule has 2 aromatic rings. The lowest BCUT2D eigenvalue weighted by Gasteiger charge is -2.27. The molecule has 1 amide bonds. The Morgan fingerprint density at radius 1 is 1.23 bits per heavy atom. The Balaban J connectivity index is 2.22. The summed E-state index contributed by atoms with van der Waals surface area (Å²) in [6, 6.07) is 4.46. The van der Waals surface area contributed by atoms with E-state index in [0.717, 1.165) is 23.1 Å². The van der Waals surface area contributed by atoms with E-state index in [0.29, 0.717) is 0 Å². The van der Waals surface area contributed by atoms with Crippen molar-refractivity contribution in [1.29, 1.82) is 0 Å². The molecule has 1 aromatic carbocycles. The van der Waals surface area contributed by atoms with Crippen LogP contribution in [0.15, 0.2) is 52.3 Å². The number of carbonyl (C=O) groups excluding carboxylic acids is 2. The van der Waals surface area contributed by atoms with E-state index in [1.165, 1.54) is 18.4 Å². The zero-order valence-corrected chi connectivity index (χ0v) is 14.4. The number of aliphatic hydroxyl groups is 1. The Kier molecular flexibility index (Phi) is 4.18. The standard InChI is InChI=1S/C19H17F2NO4/c1-19(2,3)17(24)14-15(13-5-4-8-26-13)22(18(25)16(14)23)12-9-10(20)6-7-11(12)21/h4-9,15,23H,1-3H3. The number of furan rings is 1. The average molecular weight is 361 g/mol. The van der Waals surface area contributed by atoms with Gasteiger partial charge in [-0.1, -0.05) is 20.8 Å². The number of nitrogens with zero attached hydrogens (tertiary/aromatic N) is 1. The summed E-state index contributed by atoms with van der Waals surface area (Å²) < 4.78 is 33.3. The third-order valence-corrected chi connectivity index (χ3v) is 4.11. The van der Waals surface area contributed by atoms with E-state index in [2.05, 4.69) is 0 Å². The summed E-state index contributed by atoms with van der Waals surface area (Å²) in [4.78, 5) is 26.3. The van der Waals surface area contributed by atoms with E-state index >= 15 is 0 Å². The lowest BCUT2D eigenvalue weighted by molar-refractivity contribution is -0.123. The van der Waals surface area contributed by atoms with Gasteiger partial charge in [-0.3, -0.25) is 14.5 Å². The van der Waals surface area contributed by atoms with Crippen LogP contribution in [0.5, 0.6) is 0 Å². The fourth-order valence-electron chi connectivity index (χ4n) is 2.88. The van der Waals surface area contributed by atoms with Gasteiger partial charge in [-0.2, -0.15) is 0 Å². The number of benzene rings is 1. The van der Waals surface area contributed by atoms with E-state index in [4.69, 9.17) is 4.42 Å². The van der Waals surface area contributed by atoms with Crippen LogP contribution >= 0.6 is 0 Å². The van der Waals surface area contributed by atoms with Gasteiger partial charge in [0.05, 0.1) is 17.5 Å². The minimum atomic E-state index is -1.19. The van der Waals surface area contributed by atoms with Crippen molar-refractivity contribution in [3.05, 3.63) is 65.3 Å². The first kappa shape index (κ1) is 17.8. The van der Waals surface area contributed by atoms with Crippen molar-refractivity contribution in [2.24, 2.45) is 5.41 Å². The van der Waals surface area contributed by atoms with Crippen LogP contribution in [-0.2, 0) is 9.59 Å². The van der Waals surface area contributed by atoms with Crippen molar-refractivity contribution < 1.29 is 27.9 Å². The summed E-state index contributed by atoms with van der Waals surface area (Å²) in [5.74, 6) is -3.77. The fourth-order valence-corrected chi connectivity index (χ4v) is 2.88. The molecule has 0 fully saturated rings. The van der Waals surface area contributed by atoms with Gasteiger partial charge >= 0.3 is 0 Å². The first-order valence-electron chi connectivity index (χ1n) is 7.93. The molecule has 136 valence electrons. The molecule has 1 unspecified atom stereocenters. The maximum atomic E-state index is 14.3. The molecule has 0 spiro atoms. The summed E-state index contributed by atoms with van der Waals surface area (Å²) in [6.45, 7) is 4.89. The Bertz CT molecular complexity index is 910. The second-order valence-corrected chi connectivity index (χ2v) is 7.03. The van der Waals surface area contributed by atoms with Gasteiger partial charge in [0.25, 0.3) is 5.91 Å². The van der Waals surface area contributed by atoms with E-state index in [1.54, 1.807) is 20.8 Å². The zero-order chi connectivity index (χ0) is 19.2. The van der Waals surface area contributed by atoms with Gasteiger partial charge in [-0.25, -0.2) is 8.78 Å². The monoisotopic (exact) mass is 361 g/mol. The van der Waals surface area contributed by atoms with E-state index in [9.17, 15) is 23.5 Å². The van der Waals surface area contributed by atoms with Gasteiger partial charge in [-0.05, 0) is 24.3 Å². The largest absolute Gasteiger partial charge is 0.503 e. The maximum absolute atomic E-state index is 14.3. The molecule has 0 saturated heterocycles. The molecule has 2 heterocycles. The third-order valence-electron chi connectivity index (χ3n) is 4.11. The number of carbonyl (C=O) groups is 2. The molecule has 1 aliphatic rings. The molecular weight excluding hydrogens is 344 g/mol. The summed E-state index contributed by atoms with van der Waals surface area (Å²) in [5, 5.41) is 10.4. The minimum absolute atomic E-state index is 0.152. The number of rotatable bonds is 3. The predicted octanol–water partition coefficient (Wildman–Crippen LogP) is 4.07. The summed E-state index contributed by atoms with van der Waals surface area (Å²) in [5.41, 5.74) is -1.51. The van der Waals surface area contributed by atoms with E-state index in [1.807, 2.05) is 0 Å². The molecule has 1 aliphatic heterocycles. The van der Waals surface area contributed by atoms with Crippen molar-refractivity contribution in [3.8, 4) is 0 Å². The Labute approximate surface area is 148 Å². The van der Waals surface area contributed by atoms with E-state index < -0.39 is 40.5 Å². The highest BCUT2D eigenvalue weighted by Gasteiger charge is 2.48. The second kappa shape index (κ2) is 6.09. The molecule has 0 aliphatic carbocycles. The number of hydrogen-bond donors (Lipinski definition) is 1. The molecule has 26 heavy (non-hydrogen) atoms. The van der Waals surface area contributed by atoms with Crippen molar-refractivity contribution >= 4 is 17.4 Å². The van der Waals surface area contributed by atoms with Crippen LogP contribution in [0.4, 0.5) is 14.5 Å². The van der Waals surface area contributed by atoms with Crippen LogP contribution in [0, 0.1) is 17.0 Å². The number of hydrogen-bond acceptors (Lipinski definition) is 4. The molecule has 1 atom stereocenters. The number of amides is 1. The van der Waals surface area contributed by atoms with Gasteiger partial charge < -0.3 is 9.52 Å². The van der Waals surface area contributed by atoms with Crippen molar-refractivity contribution in [2.45, 2.75) is 26.8 Å². The molecule has 0 saturated carbocycles. The van der Waals surface area contributed by atoms with Gasteiger partial charge in [0, 0.05) is 11.5 Å². The second-order valence-electron chi connectivity index (χ2n) is 7.03. The smallest absolute Gasteiger partial charge is 0.294 e. The van der Waals surface area contributed by atoms with Crippen molar-refractivity contribution in [2.75, 3.05) is 4.90 Å². The molecule has 1 N–H and O–H groups in total. The van der Waals surface area contributed by atoms with Gasteiger partial charge in [-0.15, -0.1) is 0 Å². The van der Waals surface area contributed by atoms with Crippen LogP contribution in [0.3, 0.4) is 0 Å². The molecule has 0 bridgehead atoms. The zero-order valence-electron chi connectivity index (χ0n) is 14.4. The number of halogens is 2. The molecule has 0 radical (unpaired) electrons. The van der Waals surface area contributed by atoms with Gasteiger partial charge in [0.2, 0.25) is 0 Å². The van der Waals surface area contributed by atoms with Gasteiger partial charge in [0.15, 0.2) is 11.5 Å². The molecular formula is C19H17F2NO4. The Morgan fingerprint density at radius 2 is 1.92 bits per heavy atom. The number of ketones is 1. The predicted molar refractivity (Wildman–Crippen MR) is 89.4 cm³/mol. The third kappa shape index (κ3) is 2.79. The van der Waals surface area contributed by atoms with E-state index in [-0.39, 0.29) is 17.0 Å². The molecule has 7 heteroatoms. The topological polar surface area (TPSA) is 70.8 Å². The normalized spacial score (nSPS) is 18.0. The lowest BCUT2D eigenvalue weighted by Crippen LogP contribution is -2.33. The first-order chi connectivity index (χ1) is 12.1. The number of Topliss-reactive ketones (excluding diaryl/α,β-unsaturated/α-hetero) is 1. The average Bonchev–Trinajstić information content (AvgIpc) is 3.16. The highest BCUT2D eigenvalue weighted by Crippen LogP contribution is 2.44. The number of aliphatic hydroxyl groups excluding tert-OH is 1. The van der Waals surface area contributed by atoms with Crippen molar-refractivity contribution in [3.63, 3.8) is 0 Å². The summed E-state index contributed by atoms with van der Waals surface area (Å²) >= 11 is 0. The van der Waals surface area contributed by atoms with Crippen LogP contribution < -0.4 is 4.90 Å². The van der Waals surface area contributed by atoms with Crippen LogP contribution in [0.1, 0.15) is 32.6 Å². The maximum Gasteiger partial charge on any atom is 0.294 e. The first-order valence-corrected chi connectivity index (χ1v) is 7.93. The van der Waals surface area contributed by atoms with Crippen LogP contribution in [-0.4, -0.2) is 16.8 Å². The van der Waals surface area contributed by atoms with Crippen molar-refractivity contribution in [1.82, 2.24) is 0 Å². The lowest BCUT2D eigenvalue weighted by atomic mass is 9.83. The molecule has 5 nitrogen and oxygen atoms in total. The summed E-state index contributed by atoms with van der Waals surface area (Å²) in [6.07, 6.45) is 1.33. The highest BCUT2D eigenvalue weighted by atomic mass is 19.1. The summed E-state index contributed by atoms with van der Waals surface area (Å²) in [7, 11) is 0. The Hall–Kier alpha value is -2.96. The Morgan fingerprint density at radius 3 is 2.50 bits per heavy atom. The highest BCUT2D eigenvalue weighted by molar-refractivity contribution is 6.17.